The maximum absolute atomic E-state index is 13.5. The average molecular weight is 260 g/mol. The van der Waals surface area contributed by atoms with Crippen molar-refractivity contribution in [2.75, 3.05) is 0 Å². The third-order valence-corrected chi connectivity index (χ3v) is 3.05. The van der Waals surface area contributed by atoms with Crippen molar-refractivity contribution in [1.29, 1.82) is 0 Å². The molecule has 0 atom stereocenters. The minimum Gasteiger partial charge on any atom is -0.294 e. The van der Waals surface area contributed by atoms with Crippen LogP contribution in [-0.2, 0) is 6.42 Å². The van der Waals surface area contributed by atoms with Crippen LogP contribution in [0.3, 0.4) is 0 Å². The molecule has 0 bridgehead atoms. The zero-order chi connectivity index (χ0) is 14.0. The van der Waals surface area contributed by atoms with Crippen LogP contribution < -0.4 is 0 Å². The SMILES string of the molecule is Cc1ccc(C(=O)Cc2ccc(F)cc2F)c(C)c1. The monoisotopic (exact) mass is 260 g/mol. The lowest BCUT2D eigenvalue weighted by atomic mass is 9.97. The molecule has 0 unspecified atom stereocenters. The first-order valence-electron chi connectivity index (χ1n) is 6.02. The van der Waals surface area contributed by atoms with Crippen LogP contribution in [0.25, 0.3) is 0 Å². The summed E-state index contributed by atoms with van der Waals surface area (Å²) >= 11 is 0. The lowest BCUT2D eigenvalue weighted by Crippen LogP contribution is -2.07. The average Bonchev–Trinajstić information content (AvgIpc) is 2.32. The fourth-order valence-corrected chi connectivity index (χ4v) is 2.06. The molecule has 2 rings (SSSR count). The first-order valence-corrected chi connectivity index (χ1v) is 6.02. The lowest BCUT2D eigenvalue weighted by Gasteiger charge is -2.07. The lowest BCUT2D eigenvalue weighted by molar-refractivity contribution is 0.0991. The molecule has 0 saturated heterocycles. The van der Waals surface area contributed by atoms with Gasteiger partial charge in [-0.1, -0.05) is 29.8 Å². The van der Waals surface area contributed by atoms with Crippen molar-refractivity contribution in [3.05, 3.63) is 70.3 Å². The summed E-state index contributed by atoms with van der Waals surface area (Å²) in [5.41, 5.74) is 2.73. The number of Topliss-reactive ketones (excluding diaryl/α,β-unsaturated/α-hetero) is 1. The molecule has 0 aliphatic carbocycles. The van der Waals surface area contributed by atoms with Crippen LogP contribution in [0.15, 0.2) is 36.4 Å². The Morgan fingerprint density at radius 1 is 1.05 bits per heavy atom. The van der Waals surface area contributed by atoms with E-state index in [9.17, 15) is 13.6 Å². The molecule has 0 saturated carbocycles. The van der Waals surface area contributed by atoms with E-state index in [1.165, 1.54) is 6.07 Å². The second-order valence-electron chi connectivity index (χ2n) is 4.65. The van der Waals surface area contributed by atoms with E-state index in [1.54, 1.807) is 6.07 Å². The first kappa shape index (κ1) is 13.4. The summed E-state index contributed by atoms with van der Waals surface area (Å²) in [4.78, 5) is 12.1. The Bertz CT molecular complexity index is 633. The molecule has 0 amide bonds. The summed E-state index contributed by atoms with van der Waals surface area (Å²) in [6, 6.07) is 8.77. The quantitative estimate of drug-likeness (QED) is 0.762. The van der Waals surface area contributed by atoms with Gasteiger partial charge in [0.2, 0.25) is 0 Å². The Labute approximate surface area is 110 Å². The topological polar surface area (TPSA) is 17.1 Å². The predicted molar refractivity (Wildman–Crippen MR) is 70.3 cm³/mol. The Morgan fingerprint density at radius 2 is 1.79 bits per heavy atom. The van der Waals surface area contributed by atoms with Crippen molar-refractivity contribution in [3.63, 3.8) is 0 Å². The number of carbonyl (C=O) groups is 1. The van der Waals surface area contributed by atoms with E-state index >= 15 is 0 Å². The van der Waals surface area contributed by atoms with Gasteiger partial charge in [-0.25, -0.2) is 8.78 Å². The number of rotatable bonds is 3. The van der Waals surface area contributed by atoms with E-state index < -0.39 is 11.6 Å². The molecule has 19 heavy (non-hydrogen) atoms. The largest absolute Gasteiger partial charge is 0.294 e. The minimum absolute atomic E-state index is 0.0595. The van der Waals surface area contributed by atoms with Crippen molar-refractivity contribution in [3.8, 4) is 0 Å². The first-order chi connectivity index (χ1) is 8.97. The van der Waals surface area contributed by atoms with Crippen LogP contribution in [0.4, 0.5) is 8.78 Å². The van der Waals surface area contributed by atoms with Gasteiger partial charge in [-0.15, -0.1) is 0 Å². The molecular weight excluding hydrogens is 246 g/mol. The van der Waals surface area contributed by atoms with Gasteiger partial charge in [-0.05, 0) is 31.0 Å². The zero-order valence-electron chi connectivity index (χ0n) is 10.8. The highest BCUT2D eigenvalue weighted by Gasteiger charge is 2.13. The van der Waals surface area contributed by atoms with Crippen LogP contribution in [-0.4, -0.2) is 5.78 Å². The Balaban J connectivity index is 2.25. The molecular formula is C16H14F2O. The summed E-state index contributed by atoms with van der Waals surface area (Å²) in [5.74, 6) is -1.48. The van der Waals surface area contributed by atoms with Gasteiger partial charge in [0, 0.05) is 18.1 Å². The van der Waals surface area contributed by atoms with E-state index in [4.69, 9.17) is 0 Å². The van der Waals surface area contributed by atoms with Crippen molar-refractivity contribution in [2.24, 2.45) is 0 Å². The summed E-state index contributed by atoms with van der Waals surface area (Å²) in [7, 11) is 0. The fourth-order valence-electron chi connectivity index (χ4n) is 2.06. The number of aryl methyl sites for hydroxylation is 2. The Morgan fingerprint density at radius 3 is 2.42 bits per heavy atom. The number of carbonyl (C=O) groups excluding carboxylic acids is 1. The molecule has 0 aliphatic rings. The summed E-state index contributed by atoms with van der Waals surface area (Å²) < 4.78 is 26.3. The fraction of sp³-hybridized carbons (Fsp3) is 0.188. The maximum atomic E-state index is 13.5. The highest BCUT2D eigenvalue weighted by atomic mass is 19.1. The van der Waals surface area contributed by atoms with Gasteiger partial charge in [-0.3, -0.25) is 4.79 Å². The van der Waals surface area contributed by atoms with Crippen LogP contribution in [0.2, 0.25) is 0 Å². The Hall–Kier alpha value is -2.03. The van der Waals surface area contributed by atoms with Crippen LogP contribution >= 0.6 is 0 Å². The number of hydrogen-bond donors (Lipinski definition) is 0. The second-order valence-corrected chi connectivity index (χ2v) is 4.65. The molecule has 2 aromatic rings. The minimum atomic E-state index is -0.682. The third kappa shape index (κ3) is 3.05. The zero-order valence-corrected chi connectivity index (χ0v) is 10.8. The van der Waals surface area contributed by atoms with Crippen molar-refractivity contribution in [2.45, 2.75) is 20.3 Å². The number of halogens is 2. The van der Waals surface area contributed by atoms with Gasteiger partial charge in [0.25, 0.3) is 0 Å². The molecule has 0 aromatic heterocycles. The highest BCUT2D eigenvalue weighted by molar-refractivity contribution is 5.98. The smallest absolute Gasteiger partial charge is 0.167 e. The number of benzene rings is 2. The maximum Gasteiger partial charge on any atom is 0.167 e. The van der Waals surface area contributed by atoms with Gasteiger partial charge in [-0.2, -0.15) is 0 Å². The molecule has 0 aliphatic heterocycles. The van der Waals surface area contributed by atoms with Gasteiger partial charge >= 0.3 is 0 Å². The summed E-state index contributed by atoms with van der Waals surface area (Å²) in [6.45, 7) is 3.79. The summed E-state index contributed by atoms with van der Waals surface area (Å²) in [5, 5.41) is 0. The molecule has 0 heterocycles. The molecule has 3 heteroatoms. The van der Waals surface area contributed by atoms with E-state index in [0.29, 0.717) is 5.56 Å². The number of ketones is 1. The molecule has 0 fully saturated rings. The van der Waals surface area contributed by atoms with Crippen molar-refractivity contribution < 1.29 is 13.6 Å². The van der Waals surface area contributed by atoms with Crippen LogP contribution in [0, 0.1) is 25.5 Å². The summed E-state index contributed by atoms with van der Waals surface area (Å²) in [6.07, 6.45) is -0.0595. The third-order valence-electron chi connectivity index (χ3n) is 3.05. The van der Waals surface area contributed by atoms with Crippen molar-refractivity contribution >= 4 is 5.78 Å². The number of hydrogen-bond acceptors (Lipinski definition) is 1. The van der Waals surface area contributed by atoms with Crippen LogP contribution in [0.5, 0.6) is 0 Å². The normalized spacial score (nSPS) is 10.5. The van der Waals surface area contributed by atoms with Gasteiger partial charge in [0.1, 0.15) is 11.6 Å². The molecule has 0 N–H and O–H groups in total. The highest BCUT2D eigenvalue weighted by Crippen LogP contribution is 2.16. The van der Waals surface area contributed by atoms with E-state index in [1.807, 2.05) is 26.0 Å². The predicted octanol–water partition coefficient (Wildman–Crippen LogP) is 4.01. The van der Waals surface area contributed by atoms with Gasteiger partial charge in [0.15, 0.2) is 5.78 Å². The van der Waals surface area contributed by atoms with Gasteiger partial charge in [0.05, 0.1) is 0 Å². The molecule has 0 radical (unpaired) electrons. The molecule has 1 nitrogen and oxygen atoms in total. The van der Waals surface area contributed by atoms with Crippen molar-refractivity contribution in [1.82, 2.24) is 0 Å². The standard InChI is InChI=1S/C16H14F2O/c1-10-3-6-14(11(2)7-10)16(19)8-12-4-5-13(17)9-15(12)18/h3-7,9H,8H2,1-2H3. The van der Waals surface area contributed by atoms with E-state index in [0.717, 1.165) is 23.3 Å². The van der Waals surface area contributed by atoms with Crippen LogP contribution in [0.1, 0.15) is 27.0 Å². The molecule has 0 spiro atoms. The molecule has 98 valence electrons. The van der Waals surface area contributed by atoms with E-state index in [-0.39, 0.29) is 17.8 Å². The second kappa shape index (κ2) is 5.31. The van der Waals surface area contributed by atoms with Gasteiger partial charge < -0.3 is 0 Å². The van der Waals surface area contributed by atoms with E-state index in [2.05, 4.69) is 0 Å². The molecule has 2 aromatic carbocycles. The Kier molecular flexibility index (Phi) is 3.74.